The number of piperidine rings is 1. The Hall–Kier alpha value is -1.97. The van der Waals surface area contributed by atoms with Crippen LogP contribution in [0, 0.1) is 0 Å². The van der Waals surface area contributed by atoms with Gasteiger partial charge in [0.2, 0.25) is 5.95 Å². The Morgan fingerprint density at radius 1 is 1.22 bits per heavy atom. The molecule has 2 N–H and O–H groups in total. The van der Waals surface area contributed by atoms with Crippen LogP contribution in [0.2, 0.25) is 10.2 Å². The molecule has 0 aliphatic carbocycles. The second-order valence-corrected chi connectivity index (χ2v) is 9.67. The average Bonchev–Trinajstić information content (AvgIpc) is 3.28. The third kappa shape index (κ3) is 3.95. The molecule has 32 heavy (non-hydrogen) atoms. The Morgan fingerprint density at radius 2 is 2.00 bits per heavy atom. The number of ether oxygens (including phenoxy) is 1. The standard InChI is InChI=1S/C22H26Cl2N6O2/c1-22(12-32-11-18(22)31)30-5-3-13(4-6-30)15-8-17-14(7-16(15)23)10-25-21(26-17)27-20-9-19(24)28-29(20)2/h7-10,13,18,31H,3-6,11-12H2,1-2H3,(H,25,26,27). The number of likely N-dealkylation sites (tertiary alicyclic amines) is 1. The first-order valence-corrected chi connectivity index (χ1v) is 11.5. The molecular weight excluding hydrogens is 451 g/mol. The van der Waals surface area contributed by atoms with Crippen molar-refractivity contribution < 1.29 is 9.84 Å². The molecule has 3 aromatic rings. The minimum Gasteiger partial charge on any atom is -0.389 e. The number of nitrogens with one attached hydrogen (secondary N) is 1. The van der Waals surface area contributed by atoms with E-state index in [0.29, 0.717) is 36.1 Å². The summed E-state index contributed by atoms with van der Waals surface area (Å²) in [6.45, 7) is 4.87. The summed E-state index contributed by atoms with van der Waals surface area (Å²) in [6, 6.07) is 5.75. The fraction of sp³-hybridized carbons (Fsp3) is 0.500. The predicted molar refractivity (Wildman–Crippen MR) is 125 cm³/mol. The van der Waals surface area contributed by atoms with E-state index in [1.807, 2.05) is 6.07 Å². The van der Waals surface area contributed by atoms with Gasteiger partial charge < -0.3 is 15.2 Å². The van der Waals surface area contributed by atoms with E-state index in [1.165, 1.54) is 0 Å². The summed E-state index contributed by atoms with van der Waals surface area (Å²) < 4.78 is 7.16. The fourth-order valence-corrected chi connectivity index (χ4v) is 5.30. The van der Waals surface area contributed by atoms with Crippen LogP contribution >= 0.6 is 23.2 Å². The molecule has 2 atom stereocenters. The molecule has 10 heteroatoms. The number of aliphatic hydroxyl groups excluding tert-OH is 1. The van der Waals surface area contributed by atoms with Crippen LogP contribution in [0.25, 0.3) is 10.9 Å². The fourth-order valence-electron chi connectivity index (χ4n) is 4.76. The van der Waals surface area contributed by atoms with Crippen LogP contribution in [0.5, 0.6) is 0 Å². The van der Waals surface area contributed by atoms with Crippen molar-refractivity contribution in [2.24, 2.45) is 7.05 Å². The van der Waals surface area contributed by atoms with Crippen LogP contribution in [-0.4, -0.2) is 67.7 Å². The Balaban J connectivity index is 1.36. The lowest BCUT2D eigenvalue weighted by molar-refractivity contribution is -0.00211. The summed E-state index contributed by atoms with van der Waals surface area (Å²) in [7, 11) is 1.80. The molecule has 1 aromatic carbocycles. The number of nitrogens with zero attached hydrogens (tertiary/aromatic N) is 5. The van der Waals surface area contributed by atoms with E-state index in [4.69, 9.17) is 32.9 Å². The molecule has 2 fully saturated rings. The lowest BCUT2D eigenvalue weighted by atomic mass is 9.85. The quantitative estimate of drug-likeness (QED) is 0.592. The molecule has 5 rings (SSSR count). The highest BCUT2D eigenvalue weighted by Gasteiger charge is 2.45. The number of rotatable bonds is 4. The number of aryl methyl sites for hydroxylation is 1. The predicted octanol–water partition coefficient (Wildman–Crippen LogP) is 3.74. The van der Waals surface area contributed by atoms with E-state index in [1.54, 1.807) is 24.0 Å². The van der Waals surface area contributed by atoms with Gasteiger partial charge in [-0.2, -0.15) is 5.10 Å². The molecule has 2 aromatic heterocycles. The second-order valence-electron chi connectivity index (χ2n) is 8.88. The lowest BCUT2D eigenvalue weighted by Crippen LogP contribution is -2.56. The van der Waals surface area contributed by atoms with E-state index < -0.39 is 6.10 Å². The van der Waals surface area contributed by atoms with E-state index in [9.17, 15) is 5.11 Å². The second kappa shape index (κ2) is 8.43. The summed E-state index contributed by atoms with van der Waals surface area (Å²) in [6.07, 6.45) is 3.26. The Labute approximate surface area is 196 Å². The number of fused-ring (bicyclic) bond motifs is 1. The van der Waals surface area contributed by atoms with Crippen molar-refractivity contribution in [1.82, 2.24) is 24.6 Å². The number of halogens is 2. The van der Waals surface area contributed by atoms with Crippen molar-refractivity contribution in [1.29, 1.82) is 0 Å². The zero-order valence-electron chi connectivity index (χ0n) is 18.1. The first-order chi connectivity index (χ1) is 15.3. The zero-order chi connectivity index (χ0) is 22.5. The van der Waals surface area contributed by atoms with Crippen molar-refractivity contribution in [3.63, 3.8) is 0 Å². The minimum atomic E-state index is -0.444. The summed E-state index contributed by atoms with van der Waals surface area (Å²) in [4.78, 5) is 11.4. The summed E-state index contributed by atoms with van der Waals surface area (Å²) in [5, 5.41) is 19.7. The van der Waals surface area contributed by atoms with E-state index in [2.05, 4.69) is 33.3 Å². The lowest BCUT2D eigenvalue weighted by Gasteiger charge is -2.43. The van der Waals surface area contributed by atoms with E-state index in [-0.39, 0.29) is 5.54 Å². The molecule has 0 radical (unpaired) electrons. The maximum Gasteiger partial charge on any atom is 0.228 e. The van der Waals surface area contributed by atoms with Crippen LogP contribution in [0.4, 0.5) is 11.8 Å². The van der Waals surface area contributed by atoms with Gasteiger partial charge >= 0.3 is 0 Å². The maximum atomic E-state index is 10.4. The van der Waals surface area contributed by atoms with Crippen LogP contribution in [0.15, 0.2) is 24.4 Å². The van der Waals surface area contributed by atoms with Gasteiger partial charge in [0.05, 0.1) is 30.4 Å². The average molecular weight is 477 g/mol. The largest absolute Gasteiger partial charge is 0.389 e. The van der Waals surface area contributed by atoms with Gasteiger partial charge in [0.25, 0.3) is 0 Å². The van der Waals surface area contributed by atoms with Gasteiger partial charge in [-0.3, -0.25) is 9.58 Å². The number of aromatic nitrogens is 4. The normalized spacial score (nSPS) is 25.0. The molecule has 0 bridgehead atoms. The monoisotopic (exact) mass is 476 g/mol. The van der Waals surface area contributed by atoms with Crippen LogP contribution < -0.4 is 5.32 Å². The summed E-state index contributed by atoms with van der Waals surface area (Å²) in [5.41, 5.74) is 1.64. The zero-order valence-corrected chi connectivity index (χ0v) is 19.6. The highest BCUT2D eigenvalue weighted by atomic mass is 35.5. The van der Waals surface area contributed by atoms with Crippen LogP contribution in [0.3, 0.4) is 0 Å². The smallest absolute Gasteiger partial charge is 0.228 e. The Morgan fingerprint density at radius 3 is 2.66 bits per heavy atom. The van der Waals surface area contributed by atoms with E-state index in [0.717, 1.165) is 47.4 Å². The van der Waals surface area contributed by atoms with Crippen molar-refractivity contribution in [3.8, 4) is 0 Å². The highest BCUT2D eigenvalue weighted by molar-refractivity contribution is 6.32. The molecule has 170 valence electrons. The van der Waals surface area contributed by atoms with Gasteiger partial charge in [0, 0.05) is 29.7 Å². The highest BCUT2D eigenvalue weighted by Crippen LogP contribution is 2.38. The van der Waals surface area contributed by atoms with Crippen molar-refractivity contribution >= 4 is 45.9 Å². The minimum absolute atomic E-state index is 0.305. The summed E-state index contributed by atoms with van der Waals surface area (Å²) in [5.74, 6) is 1.53. The number of anilines is 2. The Kier molecular flexibility index (Phi) is 5.75. The number of hydrogen-bond donors (Lipinski definition) is 2. The van der Waals surface area contributed by atoms with Crippen LogP contribution in [0.1, 0.15) is 31.2 Å². The molecular formula is C22H26Cl2N6O2. The van der Waals surface area contributed by atoms with Gasteiger partial charge in [-0.25, -0.2) is 9.97 Å². The maximum absolute atomic E-state index is 10.4. The van der Waals surface area contributed by atoms with E-state index >= 15 is 0 Å². The summed E-state index contributed by atoms with van der Waals surface area (Å²) >= 11 is 12.6. The van der Waals surface area contributed by atoms with Gasteiger partial charge in [0.15, 0.2) is 5.15 Å². The molecule has 2 aliphatic rings. The van der Waals surface area contributed by atoms with Crippen LogP contribution in [-0.2, 0) is 11.8 Å². The van der Waals surface area contributed by atoms with Gasteiger partial charge in [-0.1, -0.05) is 23.2 Å². The molecule has 4 heterocycles. The number of aliphatic hydroxyl groups is 1. The number of hydrogen-bond acceptors (Lipinski definition) is 7. The SMILES string of the molecule is Cn1nc(Cl)cc1Nc1ncc2cc(Cl)c(C3CCN(C4(C)COCC4O)CC3)cc2n1. The molecule has 0 spiro atoms. The van der Waals surface area contributed by atoms with Crippen molar-refractivity contribution in [2.45, 2.75) is 37.3 Å². The molecule has 0 amide bonds. The molecule has 0 saturated carbocycles. The van der Waals surface area contributed by atoms with Gasteiger partial charge in [-0.05, 0) is 56.5 Å². The molecule has 2 unspecified atom stereocenters. The first kappa shape index (κ1) is 21.9. The molecule has 2 aliphatic heterocycles. The molecule has 2 saturated heterocycles. The van der Waals surface area contributed by atoms with Gasteiger partial charge in [0.1, 0.15) is 5.82 Å². The third-order valence-corrected chi connectivity index (χ3v) is 7.35. The molecule has 8 nitrogen and oxygen atoms in total. The topological polar surface area (TPSA) is 88.3 Å². The first-order valence-electron chi connectivity index (χ1n) is 10.8. The Bertz CT molecular complexity index is 1150. The third-order valence-electron chi connectivity index (χ3n) is 6.83. The van der Waals surface area contributed by atoms with Crippen molar-refractivity contribution in [2.75, 3.05) is 31.6 Å². The van der Waals surface area contributed by atoms with Crippen molar-refractivity contribution in [3.05, 3.63) is 40.1 Å². The van der Waals surface area contributed by atoms with Gasteiger partial charge in [-0.15, -0.1) is 0 Å². The number of benzene rings is 1.